The Labute approximate surface area is 306 Å². The van der Waals surface area contributed by atoms with E-state index < -0.39 is 37.3 Å². The summed E-state index contributed by atoms with van der Waals surface area (Å²) in [5.41, 5.74) is 3.29. The SMILES string of the molecule is O=C(c1ccc(C(=O)N2C[C@@H](CCl)c3c2cc(O[C@@H]2O[C@H](CO)[C@H](O)[C@@H](O)[C@@H]2O)c2ccccc32)s1)N1C[C@@H](CCl)c2c1ccc1ccccc21. The minimum absolute atomic E-state index is 0.0272. The largest absolute Gasteiger partial charge is 0.461 e. The summed E-state index contributed by atoms with van der Waals surface area (Å²) in [5, 5.41) is 44.7. The van der Waals surface area contributed by atoms with Crippen molar-refractivity contribution in [2.24, 2.45) is 0 Å². The van der Waals surface area contributed by atoms with Crippen molar-refractivity contribution in [3.8, 4) is 5.75 Å². The molecule has 1 aromatic heterocycles. The van der Waals surface area contributed by atoms with Gasteiger partial charge in [-0.2, -0.15) is 0 Å². The number of alkyl halides is 2. The summed E-state index contributed by atoms with van der Waals surface area (Å²) in [7, 11) is 0. The number of anilines is 2. The van der Waals surface area contributed by atoms with Crippen LogP contribution in [-0.2, 0) is 4.74 Å². The lowest BCUT2D eigenvalue weighted by atomic mass is 9.95. The quantitative estimate of drug-likeness (QED) is 0.167. The molecule has 2 amide bonds. The van der Waals surface area contributed by atoms with Crippen LogP contribution in [0.1, 0.15) is 42.3 Å². The first-order valence-corrected chi connectivity index (χ1v) is 18.5. The number of benzene rings is 4. The molecule has 1 fully saturated rings. The van der Waals surface area contributed by atoms with Crippen molar-refractivity contribution in [3.63, 3.8) is 0 Å². The number of aliphatic hydroxyl groups excluding tert-OH is 4. The molecule has 0 saturated carbocycles. The van der Waals surface area contributed by atoms with Crippen molar-refractivity contribution in [2.45, 2.75) is 42.5 Å². The number of aliphatic hydroxyl groups is 4. The topological polar surface area (TPSA) is 140 Å². The van der Waals surface area contributed by atoms with Gasteiger partial charge in [0.15, 0.2) is 0 Å². The lowest BCUT2D eigenvalue weighted by molar-refractivity contribution is -0.277. The van der Waals surface area contributed by atoms with Crippen molar-refractivity contribution in [1.29, 1.82) is 0 Å². The molecule has 13 heteroatoms. The molecular weight excluding hydrogens is 715 g/mol. The number of halogens is 2. The highest BCUT2D eigenvalue weighted by molar-refractivity contribution is 7.16. The summed E-state index contributed by atoms with van der Waals surface area (Å²) in [6.45, 7) is 0.125. The van der Waals surface area contributed by atoms with E-state index in [1.54, 1.807) is 28.0 Å². The number of rotatable bonds is 7. The van der Waals surface area contributed by atoms with E-state index in [-0.39, 0.29) is 41.8 Å². The van der Waals surface area contributed by atoms with Gasteiger partial charge in [-0.3, -0.25) is 9.59 Å². The smallest absolute Gasteiger partial charge is 0.268 e. The van der Waals surface area contributed by atoms with E-state index in [9.17, 15) is 30.0 Å². The fourth-order valence-electron chi connectivity index (χ4n) is 7.63. The monoisotopic (exact) mass is 748 g/mol. The van der Waals surface area contributed by atoms with E-state index >= 15 is 0 Å². The molecule has 51 heavy (non-hydrogen) atoms. The zero-order valence-corrected chi connectivity index (χ0v) is 29.4. The predicted octanol–water partition coefficient (Wildman–Crippen LogP) is 5.20. The van der Waals surface area contributed by atoms with Crippen LogP contribution in [0.4, 0.5) is 11.4 Å². The number of carbonyl (C=O) groups excluding carboxylic acids is 2. The van der Waals surface area contributed by atoms with Gasteiger partial charge in [0, 0.05) is 53.8 Å². The van der Waals surface area contributed by atoms with Crippen LogP contribution in [0.15, 0.2) is 78.9 Å². The van der Waals surface area contributed by atoms with Gasteiger partial charge in [-0.25, -0.2) is 0 Å². The fraction of sp³-hybridized carbons (Fsp3) is 0.316. The Bertz CT molecular complexity index is 2160. The number of fused-ring (bicyclic) bond motifs is 6. The van der Waals surface area contributed by atoms with Gasteiger partial charge in [-0.05, 0) is 45.5 Å². The van der Waals surface area contributed by atoms with Gasteiger partial charge in [0.05, 0.1) is 22.0 Å². The Hall–Kier alpha value is -3.78. The summed E-state index contributed by atoms with van der Waals surface area (Å²) in [4.78, 5) is 32.5. The summed E-state index contributed by atoms with van der Waals surface area (Å²) >= 11 is 14.0. The first-order valence-electron chi connectivity index (χ1n) is 16.6. The van der Waals surface area contributed by atoms with Gasteiger partial charge in [-0.15, -0.1) is 34.5 Å². The van der Waals surface area contributed by atoms with Crippen LogP contribution < -0.4 is 14.5 Å². The maximum absolute atomic E-state index is 14.3. The maximum atomic E-state index is 14.3. The Morgan fingerprint density at radius 2 is 1.33 bits per heavy atom. The maximum Gasteiger partial charge on any atom is 0.268 e. The molecule has 4 aromatic carbocycles. The Balaban J connectivity index is 1.11. The van der Waals surface area contributed by atoms with Crippen LogP contribution in [0.5, 0.6) is 5.75 Å². The molecule has 4 N–H and O–H groups in total. The van der Waals surface area contributed by atoms with Crippen molar-refractivity contribution >= 4 is 79.3 Å². The molecular formula is C38H34Cl2N2O8S. The van der Waals surface area contributed by atoms with Gasteiger partial charge in [0.2, 0.25) is 6.29 Å². The Morgan fingerprint density at radius 1 is 0.745 bits per heavy atom. The third-order valence-corrected chi connectivity index (χ3v) is 12.0. The fourth-order valence-corrected chi connectivity index (χ4v) is 9.04. The molecule has 5 aromatic rings. The van der Waals surface area contributed by atoms with E-state index in [0.29, 0.717) is 33.3 Å². The lowest BCUT2D eigenvalue weighted by Gasteiger charge is -2.39. The van der Waals surface area contributed by atoms with Crippen molar-refractivity contribution in [1.82, 2.24) is 0 Å². The molecule has 0 radical (unpaired) electrons. The normalized spacial score (nSPS) is 25.7. The molecule has 3 aliphatic rings. The van der Waals surface area contributed by atoms with Gasteiger partial charge in [-0.1, -0.05) is 54.6 Å². The van der Waals surface area contributed by atoms with Crippen molar-refractivity contribution in [2.75, 3.05) is 41.3 Å². The zero-order valence-electron chi connectivity index (χ0n) is 27.1. The molecule has 0 spiro atoms. The molecule has 264 valence electrons. The number of ether oxygens (including phenoxy) is 2. The van der Waals surface area contributed by atoms with Crippen LogP contribution in [-0.4, -0.2) is 94.4 Å². The number of carbonyl (C=O) groups is 2. The second-order valence-electron chi connectivity index (χ2n) is 13.1. The summed E-state index contributed by atoms with van der Waals surface area (Å²) in [6.07, 6.45) is -7.35. The van der Waals surface area contributed by atoms with E-state index in [1.165, 1.54) is 0 Å². The molecule has 0 aliphatic carbocycles. The predicted molar refractivity (Wildman–Crippen MR) is 197 cm³/mol. The van der Waals surface area contributed by atoms with Crippen molar-refractivity contribution in [3.05, 3.63) is 99.7 Å². The minimum Gasteiger partial charge on any atom is -0.461 e. The summed E-state index contributed by atoms with van der Waals surface area (Å²) < 4.78 is 11.8. The molecule has 0 unspecified atom stereocenters. The number of thiophene rings is 1. The van der Waals surface area contributed by atoms with Crippen LogP contribution in [0, 0.1) is 0 Å². The highest BCUT2D eigenvalue weighted by atomic mass is 35.5. The van der Waals surface area contributed by atoms with Gasteiger partial charge in [0.1, 0.15) is 30.2 Å². The molecule has 0 bridgehead atoms. The van der Waals surface area contributed by atoms with Crippen LogP contribution in [0.3, 0.4) is 0 Å². The number of nitrogens with zero attached hydrogens (tertiary/aromatic N) is 2. The van der Waals surface area contributed by atoms with Crippen LogP contribution in [0.2, 0.25) is 0 Å². The average molecular weight is 750 g/mol. The Morgan fingerprint density at radius 3 is 1.98 bits per heavy atom. The minimum atomic E-state index is -1.62. The number of amides is 2. The summed E-state index contributed by atoms with van der Waals surface area (Å²) in [6, 6.07) is 24.5. The van der Waals surface area contributed by atoms with E-state index in [0.717, 1.165) is 44.3 Å². The van der Waals surface area contributed by atoms with Gasteiger partial charge < -0.3 is 39.7 Å². The highest BCUT2D eigenvalue weighted by Gasteiger charge is 2.45. The second-order valence-corrected chi connectivity index (χ2v) is 14.8. The number of hydrogen-bond acceptors (Lipinski definition) is 9. The van der Waals surface area contributed by atoms with Crippen LogP contribution in [0.25, 0.3) is 21.5 Å². The van der Waals surface area contributed by atoms with Crippen molar-refractivity contribution < 1.29 is 39.5 Å². The van der Waals surface area contributed by atoms with E-state index in [2.05, 4.69) is 6.07 Å². The molecule has 4 heterocycles. The molecule has 7 atom stereocenters. The summed E-state index contributed by atoms with van der Waals surface area (Å²) in [5.74, 6) is 0.122. The van der Waals surface area contributed by atoms with E-state index in [1.807, 2.05) is 54.6 Å². The van der Waals surface area contributed by atoms with Crippen LogP contribution >= 0.6 is 34.5 Å². The average Bonchev–Trinajstić information content (AvgIpc) is 3.90. The Kier molecular flexibility index (Phi) is 9.18. The highest BCUT2D eigenvalue weighted by Crippen LogP contribution is 2.47. The van der Waals surface area contributed by atoms with Gasteiger partial charge >= 0.3 is 0 Å². The first-order chi connectivity index (χ1) is 24.7. The molecule has 1 saturated heterocycles. The third-order valence-electron chi connectivity index (χ3n) is 10.2. The standard InChI is InChI=1S/C38H34Cl2N2O8S/c39-14-20-16-41(25-10-9-19-5-1-2-6-22(19)31(20)25)36(47)29-11-12-30(51-29)37(48)42-17-21(15-40)32-24-8-4-3-7-23(24)27(13-26(32)42)49-38-35(46)34(45)33(44)28(18-43)50-38/h1-13,20-21,28,33-35,38,43-46H,14-18H2/t20-,21-,28-,33+,34-,35+,38-/m1/s1. The molecule has 8 rings (SSSR count). The first kappa shape index (κ1) is 34.3. The van der Waals surface area contributed by atoms with Gasteiger partial charge in [0.25, 0.3) is 11.8 Å². The zero-order chi connectivity index (χ0) is 35.6. The third kappa shape index (κ3) is 5.67. The molecule has 10 nitrogen and oxygen atoms in total. The lowest BCUT2D eigenvalue weighted by Crippen LogP contribution is -2.60. The molecule has 3 aliphatic heterocycles. The van der Waals surface area contributed by atoms with E-state index in [4.69, 9.17) is 32.7 Å². The number of hydrogen-bond donors (Lipinski definition) is 4. The second kappa shape index (κ2) is 13.6.